The van der Waals surface area contributed by atoms with Crippen LogP contribution in [0, 0.1) is 11.8 Å². The molecule has 3 nitrogen and oxygen atoms in total. The standard InChI is InChI=1S/C12H24O3/c1-6-10-9(3)11(8(2)7-13)15-12(4,5)14-10/h8-11,13H,6-7H2,1-5H3/t8?,9-,10-,11+/m0/s1. The lowest BCUT2D eigenvalue weighted by Gasteiger charge is -2.46. The van der Waals surface area contributed by atoms with Crippen molar-refractivity contribution < 1.29 is 14.6 Å². The second-order valence-corrected chi connectivity index (χ2v) is 5.07. The van der Waals surface area contributed by atoms with Crippen LogP contribution in [0.4, 0.5) is 0 Å². The van der Waals surface area contributed by atoms with Gasteiger partial charge >= 0.3 is 0 Å². The topological polar surface area (TPSA) is 38.7 Å². The van der Waals surface area contributed by atoms with Crippen molar-refractivity contribution in [3.8, 4) is 0 Å². The fourth-order valence-electron chi connectivity index (χ4n) is 2.34. The van der Waals surface area contributed by atoms with Crippen LogP contribution in [0.2, 0.25) is 0 Å². The molecule has 15 heavy (non-hydrogen) atoms. The minimum absolute atomic E-state index is 0.0868. The summed E-state index contributed by atoms with van der Waals surface area (Å²) in [6.07, 6.45) is 1.30. The molecule has 0 amide bonds. The third-order valence-corrected chi connectivity index (χ3v) is 3.21. The quantitative estimate of drug-likeness (QED) is 0.786. The first-order chi connectivity index (χ1) is 6.91. The van der Waals surface area contributed by atoms with E-state index in [0.717, 1.165) is 6.42 Å². The average molecular weight is 216 g/mol. The van der Waals surface area contributed by atoms with Gasteiger partial charge in [-0.2, -0.15) is 0 Å². The van der Waals surface area contributed by atoms with Gasteiger partial charge in [0.05, 0.1) is 12.2 Å². The van der Waals surface area contributed by atoms with Gasteiger partial charge in [0.15, 0.2) is 5.79 Å². The number of ether oxygens (including phenoxy) is 2. The van der Waals surface area contributed by atoms with E-state index in [4.69, 9.17) is 9.47 Å². The van der Waals surface area contributed by atoms with Crippen molar-refractivity contribution in [1.82, 2.24) is 0 Å². The maximum absolute atomic E-state index is 9.21. The Bertz CT molecular complexity index is 203. The molecule has 0 aliphatic carbocycles. The summed E-state index contributed by atoms with van der Waals surface area (Å²) in [4.78, 5) is 0. The summed E-state index contributed by atoms with van der Waals surface area (Å²) in [7, 11) is 0. The summed E-state index contributed by atoms with van der Waals surface area (Å²) in [6.45, 7) is 10.3. The molecule has 3 heteroatoms. The third kappa shape index (κ3) is 2.92. The molecule has 0 aromatic carbocycles. The highest BCUT2D eigenvalue weighted by atomic mass is 16.7. The number of aliphatic hydroxyl groups is 1. The highest BCUT2D eigenvalue weighted by Crippen LogP contribution is 2.35. The van der Waals surface area contributed by atoms with Crippen molar-refractivity contribution in [2.75, 3.05) is 6.61 Å². The Balaban J connectivity index is 2.77. The lowest BCUT2D eigenvalue weighted by atomic mass is 9.87. The zero-order valence-corrected chi connectivity index (χ0v) is 10.5. The molecule has 90 valence electrons. The van der Waals surface area contributed by atoms with Gasteiger partial charge < -0.3 is 14.6 Å². The molecule has 1 aliphatic heterocycles. The van der Waals surface area contributed by atoms with Crippen LogP contribution in [0.3, 0.4) is 0 Å². The summed E-state index contributed by atoms with van der Waals surface area (Å²) in [5, 5.41) is 9.21. The molecule has 1 rings (SSSR count). The maximum atomic E-state index is 9.21. The van der Waals surface area contributed by atoms with E-state index in [1.54, 1.807) is 0 Å². The fraction of sp³-hybridized carbons (Fsp3) is 1.00. The molecule has 0 aromatic heterocycles. The second-order valence-electron chi connectivity index (χ2n) is 5.07. The zero-order valence-electron chi connectivity index (χ0n) is 10.5. The van der Waals surface area contributed by atoms with Crippen molar-refractivity contribution in [2.24, 2.45) is 11.8 Å². The van der Waals surface area contributed by atoms with Gasteiger partial charge in [-0.15, -0.1) is 0 Å². The predicted molar refractivity (Wildman–Crippen MR) is 59.5 cm³/mol. The molecule has 1 unspecified atom stereocenters. The van der Waals surface area contributed by atoms with E-state index in [-0.39, 0.29) is 24.7 Å². The monoisotopic (exact) mass is 216 g/mol. The molecule has 4 atom stereocenters. The van der Waals surface area contributed by atoms with Crippen LogP contribution >= 0.6 is 0 Å². The van der Waals surface area contributed by atoms with Crippen LogP contribution < -0.4 is 0 Å². The number of aliphatic hydroxyl groups excluding tert-OH is 1. The Hall–Kier alpha value is -0.120. The number of hydrogen-bond acceptors (Lipinski definition) is 3. The second kappa shape index (κ2) is 4.81. The molecular formula is C12H24O3. The van der Waals surface area contributed by atoms with E-state index >= 15 is 0 Å². The molecule has 1 saturated heterocycles. The Kier molecular flexibility index (Phi) is 4.15. The summed E-state index contributed by atoms with van der Waals surface area (Å²) >= 11 is 0. The first-order valence-corrected chi connectivity index (χ1v) is 5.87. The van der Waals surface area contributed by atoms with E-state index < -0.39 is 5.79 Å². The van der Waals surface area contributed by atoms with Gasteiger partial charge in [-0.1, -0.05) is 20.8 Å². The molecule has 0 aromatic rings. The van der Waals surface area contributed by atoms with E-state index in [1.165, 1.54) is 0 Å². The van der Waals surface area contributed by atoms with E-state index in [0.29, 0.717) is 5.92 Å². The molecule has 0 radical (unpaired) electrons. The Morgan fingerprint density at radius 1 is 1.33 bits per heavy atom. The molecule has 1 heterocycles. The summed E-state index contributed by atoms with van der Waals surface area (Å²) in [5.41, 5.74) is 0. The summed E-state index contributed by atoms with van der Waals surface area (Å²) in [6, 6.07) is 0. The van der Waals surface area contributed by atoms with Gasteiger partial charge in [-0.3, -0.25) is 0 Å². The van der Waals surface area contributed by atoms with Crippen molar-refractivity contribution in [1.29, 1.82) is 0 Å². The first-order valence-electron chi connectivity index (χ1n) is 5.87. The number of hydrogen-bond donors (Lipinski definition) is 1. The van der Waals surface area contributed by atoms with Gasteiger partial charge in [-0.05, 0) is 20.3 Å². The average Bonchev–Trinajstić information content (AvgIpc) is 2.19. The minimum atomic E-state index is -0.527. The molecule has 1 fully saturated rings. The van der Waals surface area contributed by atoms with E-state index in [9.17, 15) is 5.11 Å². The highest BCUT2D eigenvalue weighted by Gasteiger charge is 2.41. The fourth-order valence-corrected chi connectivity index (χ4v) is 2.34. The summed E-state index contributed by atoms with van der Waals surface area (Å²) < 4.78 is 11.7. The molecule has 0 bridgehead atoms. The summed E-state index contributed by atoms with van der Waals surface area (Å²) in [5.74, 6) is -0.0243. The first kappa shape index (κ1) is 12.9. The van der Waals surface area contributed by atoms with Gasteiger partial charge in [0, 0.05) is 18.4 Å². The van der Waals surface area contributed by atoms with Gasteiger partial charge in [-0.25, -0.2) is 0 Å². The van der Waals surface area contributed by atoms with Crippen molar-refractivity contribution in [3.63, 3.8) is 0 Å². The third-order valence-electron chi connectivity index (χ3n) is 3.21. The van der Waals surface area contributed by atoms with Crippen LogP contribution in [0.1, 0.15) is 41.0 Å². The highest BCUT2D eigenvalue weighted by molar-refractivity contribution is 4.84. The lowest BCUT2D eigenvalue weighted by Crippen LogP contribution is -2.52. The van der Waals surface area contributed by atoms with E-state index in [1.807, 2.05) is 20.8 Å². The Morgan fingerprint density at radius 3 is 2.40 bits per heavy atom. The van der Waals surface area contributed by atoms with Crippen LogP contribution in [0.15, 0.2) is 0 Å². The van der Waals surface area contributed by atoms with E-state index in [2.05, 4.69) is 13.8 Å². The zero-order chi connectivity index (χ0) is 11.6. The Labute approximate surface area is 92.8 Å². The van der Waals surface area contributed by atoms with Crippen LogP contribution in [-0.4, -0.2) is 29.7 Å². The van der Waals surface area contributed by atoms with Crippen LogP contribution in [0.25, 0.3) is 0 Å². The SMILES string of the molecule is CC[C@@H]1OC(C)(C)O[C@H](C(C)CO)[C@H]1C. The maximum Gasteiger partial charge on any atom is 0.163 e. The van der Waals surface area contributed by atoms with Crippen LogP contribution in [-0.2, 0) is 9.47 Å². The Morgan fingerprint density at radius 2 is 1.93 bits per heavy atom. The molecule has 0 saturated carbocycles. The van der Waals surface area contributed by atoms with Crippen LogP contribution in [0.5, 0.6) is 0 Å². The molecule has 0 spiro atoms. The van der Waals surface area contributed by atoms with Crippen molar-refractivity contribution in [2.45, 2.75) is 59.0 Å². The minimum Gasteiger partial charge on any atom is -0.396 e. The van der Waals surface area contributed by atoms with Crippen molar-refractivity contribution in [3.05, 3.63) is 0 Å². The van der Waals surface area contributed by atoms with Gasteiger partial charge in [0.1, 0.15) is 0 Å². The lowest BCUT2D eigenvalue weighted by molar-refractivity contribution is -0.328. The number of rotatable bonds is 3. The van der Waals surface area contributed by atoms with Gasteiger partial charge in [0.25, 0.3) is 0 Å². The smallest absolute Gasteiger partial charge is 0.163 e. The molecule has 1 aliphatic rings. The largest absolute Gasteiger partial charge is 0.396 e. The van der Waals surface area contributed by atoms with Gasteiger partial charge in [0.2, 0.25) is 0 Å². The predicted octanol–water partition coefficient (Wildman–Crippen LogP) is 2.18. The molecule has 1 N–H and O–H groups in total. The van der Waals surface area contributed by atoms with Crippen molar-refractivity contribution >= 4 is 0 Å². The molecular weight excluding hydrogens is 192 g/mol. The normalized spacial score (nSPS) is 37.6.